The van der Waals surface area contributed by atoms with Crippen LogP contribution in [0.3, 0.4) is 0 Å². The Labute approximate surface area is 192 Å². The van der Waals surface area contributed by atoms with Crippen LogP contribution < -0.4 is 5.32 Å². The minimum atomic E-state index is -4.61. The van der Waals surface area contributed by atoms with Crippen LogP contribution in [0.1, 0.15) is 21.7 Å². The zero-order valence-corrected chi connectivity index (χ0v) is 18.2. The number of carbonyl (C=O) groups is 1. The highest BCUT2D eigenvalue weighted by molar-refractivity contribution is 6.33. The van der Waals surface area contributed by atoms with Gasteiger partial charge in [0.2, 0.25) is 0 Å². The molecule has 0 saturated carbocycles. The first-order valence-electron chi connectivity index (χ1n) is 9.75. The molecule has 33 heavy (non-hydrogen) atoms. The summed E-state index contributed by atoms with van der Waals surface area (Å²) in [6.07, 6.45) is -3.09. The number of nitrogens with zero attached hydrogens (tertiary/aromatic N) is 4. The predicted molar refractivity (Wildman–Crippen MR) is 119 cm³/mol. The molecular formula is C23H17ClF3N5O. The summed E-state index contributed by atoms with van der Waals surface area (Å²) in [6, 6.07) is 13.6. The van der Waals surface area contributed by atoms with E-state index in [0.29, 0.717) is 17.1 Å². The molecule has 0 fully saturated rings. The van der Waals surface area contributed by atoms with Crippen LogP contribution in [0, 0.1) is 6.92 Å². The highest BCUT2D eigenvalue weighted by Crippen LogP contribution is 2.37. The van der Waals surface area contributed by atoms with Crippen molar-refractivity contribution in [3.05, 3.63) is 82.9 Å². The Kier molecular flexibility index (Phi) is 5.90. The van der Waals surface area contributed by atoms with Crippen LogP contribution in [0.15, 0.2) is 60.8 Å². The summed E-state index contributed by atoms with van der Waals surface area (Å²) in [6.45, 7) is 1.67. The minimum Gasteiger partial charge on any atom is -0.318 e. The van der Waals surface area contributed by atoms with Crippen molar-refractivity contribution in [1.82, 2.24) is 19.7 Å². The van der Waals surface area contributed by atoms with Crippen LogP contribution in [0.25, 0.3) is 22.5 Å². The number of hydrogen-bond donors (Lipinski definition) is 1. The maximum Gasteiger partial charge on any atom is 0.417 e. The lowest BCUT2D eigenvalue weighted by Crippen LogP contribution is -2.16. The second-order valence-corrected chi connectivity index (χ2v) is 7.60. The van der Waals surface area contributed by atoms with E-state index in [1.165, 1.54) is 16.9 Å². The van der Waals surface area contributed by atoms with Gasteiger partial charge in [0.15, 0.2) is 5.15 Å². The summed E-state index contributed by atoms with van der Waals surface area (Å²) in [4.78, 5) is 21.5. The van der Waals surface area contributed by atoms with E-state index in [9.17, 15) is 18.0 Å². The van der Waals surface area contributed by atoms with Crippen molar-refractivity contribution in [2.45, 2.75) is 13.1 Å². The number of alkyl halides is 3. The molecule has 0 radical (unpaired) electrons. The zero-order valence-electron chi connectivity index (χ0n) is 17.5. The number of rotatable bonds is 4. The second-order valence-electron chi connectivity index (χ2n) is 7.24. The molecule has 0 atom stereocenters. The Bertz CT molecular complexity index is 1340. The van der Waals surface area contributed by atoms with Gasteiger partial charge >= 0.3 is 6.18 Å². The molecule has 0 aliphatic carbocycles. The fraction of sp³-hybridized carbons (Fsp3) is 0.130. The lowest BCUT2D eigenvalue weighted by Gasteiger charge is -2.15. The third-order valence-corrected chi connectivity index (χ3v) is 5.11. The molecule has 0 unspecified atom stereocenters. The molecule has 0 saturated heterocycles. The third kappa shape index (κ3) is 4.73. The average Bonchev–Trinajstić information content (AvgIpc) is 3.21. The molecule has 0 spiro atoms. The maximum atomic E-state index is 13.6. The van der Waals surface area contributed by atoms with Gasteiger partial charge in [-0.3, -0.25) is 9.48 Å². The Morgan fingerprint density at radius 1 is 1.06 bits per heavy atom. The SMILES string of the molecule is Cc1nc(Cl)c(NC(=O)c2ccc(C(F)(F)F)c(-c3ccn(C)n3)c2)c(-c2ccccc2)n1. The first-order chi connectivity index (χ1) is 15.6. The van der Waals surface area contributed by atoms with Crippen molar-refractivity contribution in [3.63, 3.8) is 0 Å². The van der Waals surface area contributed by atoms with Crippen molar-refractivity contribution in [1.29, 1.82) is 0 Å². The molecule has 1 amide bonds. The monoisotopic (exact) mass is 471 g/mol. The number of carbonyl (C=O) groups excluding carboxylic acids is 1. The largest absolute Gasteiger partial charge is 0.417 e. The smallest absolute Gasteiger partial charge is 0.318 e. The lowest BCUT2D eigenvalue weighted by atomic mass is 10.0. The van der Waals surface area contributed by atoms with Crippen LogP contribution >= 0.6 is 11.6 Å². The number of aromatic nitrogens is 4. The van der Waals surface area contributed by atoms with Crippen LogP contribution in [-0.2, 0) is 13.2 Å². The van der Waals surface area contributed by atoms with Crippen LogP contribution in [-0.4, -0.2) is 25.7 Å². The first kappa shape index (κ1) is 22.5. The summed E-state index contributed by atoms with van der Waals surface area (Å²) in [5, 5.41) is 6.74. The van der Waals surface area contributed by atoms with Gasteiger partial charge in [-0.25, -0.2) is 9.97 Å². The molecule has 10 heteroatoms. The number of nitrogens with one attached hydrogen (secondary N) is 1. The summed E-state index contributed by atoms with van der Waals surface area (Å²) in [7, 11) is 1.60. The molecule has 2 aromatic carbocycles. The lowest BCUT2D eigenvalue weighted by molar-refractivity contribution is -0.137. The average molecular weight is 472 g/mol. The fourth-order valence-corrected chi connectivity index (χ4v) is 3.60. The van der Waals surface area contributed by atoms with E-state index in [1.54, 1.807) is 38.2 Å². The van der Waals surface area contributed by atoms with Crippen molar-refractivity contribution in [3.8, 4) is 22.5 Å². The van der Waals surface area contributed by atoms with Crippen molar-refractivity contribution < 1.29 is 18.0 Å². The van der Waals surface area contributed by atoms with Gasteiger partial charge in [-0.05, 0) is 31.2 Å². The van der Waals surface area contributed by atoms with Crippen molar-refractivity contribution in [2.75, 3.05) is 5.32 Å². The quantitative estimate of drug-likeness (QED) is 0.383. The number of hydrogen-bond acceptors (Lipinski definition) is 4. The van der Waals surface area contributed by atoms with Gasteiger partial charge in [-0.1, -0.05) is 41.9 Å². The van der Waals surface area contributed by atoms with Gasteiger partial charge in [-0.15, -0.1) is 0 Å². The van der Waals surface area contributed by atoms with Crippen LogP contribution in [0.5, 0.6) is 0 Å². The summed E-state index contributed by atoms with van der Waals surface area (Å²) in [5.41, 5.74) is 0.267. The van der Waals surface area contributed by atoms with Crippen LogP contribution in [0.4, 0.5) is 18.9 Å². The van der Waals surface area contributed by atoms with Crippen molar-refractivity contribution in [2.24, 2.45) is 7.05 Å². The zero-order chi connectivity index (χ0) is 23.8. The summed E-state index contributed by atoms with van der Waals surface area (Å²) < 4.78 is 42.1. The first-order valence-corrected chi connectivity index (χ1v) is 10.1. The van der Waals surface area contributed by atoms with E-state index in [-0.39, 0.29) is 27.7 Å². The minimum absolute atomic E-state index is 0.000642. The van der Waals surface area contributed by atoms with Gasteiger partial charge < -0.3 is 5.32 Å². The molecule has 2 aromatic heterocycles. The molecule has 168 valence electrons. The molecule has 0 aliphatic rings. The molecule has 0 aliphatic heterocycles. The molecule has 4 aromatic rings. The number of halogens is 4. The standard InChI is InChI=1S/C23H17ClF3N5O/c1-13-28-19(14-6-4-3-5-7-14)20(21(24)29-13)30-22(33)15-8-9-17(23(25,26)27)16(12-15)18-10-11-32(2)31-18/h3-12H,1-2H3,(H,30,33). The maximum absolute atomic E-state index is 13.6. The summed E-state index contributed by atoms with van der Waals surface area (Å²) in [5.74, 6) is -0.253. The van der Waals surface area contributed by atoms with Gasteiger partial charge in [0.25, 0.3) is 5.91 Å². The van der Waals surface area contributed by atoms with E-state index in [2.05, 4.69) is 20.4 Å². The van der Waals surface area contributed by atoms with E-state index < -0.39 is 17.6 Å². The third-order valence-electron chi connectivity index (χ3n) is 4.84. The van der Waals surface area contributed by atoms with Gasteiger partial charge in [-0.2, -0.15) is 18.3 Å². The Balaban J connectivity index is 1.76. The highest BCUT2D eigenvalue weighted by Gasteiger charge is 2.34. The van der Waals surface area contributed by atoms with Gasteiger partial charge in [0.1, 0.15) is 11.5 Å². The second kappa shape index (κ2) is 8.67. The highest BCUT2D eigenvalue weighted by atomic mass is 35.5. The fourth-order valence-electron chi connectivity index (χ4n) is 3.34. The molecule has 4 rings (SSSR count). The number of aryl methyl sites for hydroxylation is 2. The molecule has 0 bridgehead atoms. The molecular weight excluding hydrogens is 455 g/mol. The van der Waals surface area contributed by atoms with Crippen LogP contribution in [0.2, 0.25) is 5.15 Å². The van der Waals surface area contributed by atoms with Crippen molar-refractivity contribution >= 4 is 23.2 Å². The predicted octanol–water partition coefficient (Wildman–Crippen LogP) is 5.78. The number of amides is 1. The summed E-state index contributed by atoms with van der Waals surface area (Å²) >= 11 is 6.30. The van der Waals surface area contributed by atoms with Gasteiger partial charge in [0.05, 0.1) is 17.0 Å². The van der Waals surface area contributed by atoms with E-state index >= 15 is 0 Å². The Morgan fingerprint density at radius 3 is 2.42 bits per heavy atom. The topological polar surface area (TPSA) is 72.7 Å². The van der Waals surface area contributed by atoms with E-state index in [1.807, 2.05) is 6.07 Å². The van der Waals surface area contributed by atoms with Gasteiger partial charge in [0, 0.05) is 29.9 Å². The van der Waals surface area contributed by atoms with E-state index in [0.717, 1.165) is 18.2 Å². The Hall–Kier alpha value is -3.72. The number of anilines is 1. The molecule has 6 nitrogen and oxygen atoms in total. The normalized spacial score (nSPS) is 11.5. The number of benzene rings is 2. The molecule has 2 heterocycles. The van der Waals surface area contributed by atoms with E-state index in [4.69, 9.17) is 11.6 Å². The molecule has 1 N–H and O–H groups in total. The Morgan fingerprint density at radius 2 is 1.79 bits per heavy atom.